The Bertz CT molecular complexity index is 467. The summed E-state index contributed by atoms with van der Waals surface area (Å²) in [6.45, 7) is 0. The van der Waals surface area contributed by atoms with Crippen molar-refractivity contribution in [1.29, 1.82) is 5.26 Å². The van der Waals surface area contributed by atoms with Crippen LogP contribution in [0.25, 0.3) is 10.9 Å². The Kier molecular flexibility index (Phi) is 1.31. The molecule has 1 N–H and O–H groups in total. The number of H-pyrrole nitrogens is 1. The van der Waals surface area contributed by atoms with Crippen LogP contribution in [0.4, 0.5) is 4.39 Å². The number of pyridine rings is 1. The van der Waals surface area contributed by atoms with Crippen LogP contribution in [0.3, 0.4) is 0 Å². The molecule has 2 aromatic heterocycles. The van der Waals surface area contributed by atoms with Gasteiger partial charge in [0.15, 0.2) is 11.5 Å². The number of nitriles is 1. The third-order valence-electron chi connectivity index (χ3n) is 1.65. The maximum absolute atomic E-state index is 13.0. The summed E-state index contributed by atoms with van der Waals surface area (Å²) in [4.78, 5) is 6.43. The minimum absolute atomic E-state index is 0.117. The van der Waals surface area contributed by atoms with Gasteiger partial charge in [-0.2, -0.15) is 5.26 Å². The quantitative estimate of drug-likeness (QED) is 0.637. The zero-order valence-electron chi connectivity index (χ0n) is 6.00. The highest BCUT2D eigenvalue weighted by atomic mass is 19.1. The number of aromatic nitrogens is 2. The van der Waals surface area contributed by atoms with Crippen LogP contribution in [-0.4, -0.2) is 9.97 Å². The standard InChI is InChI=1S/C8H4FN3/c9-5-4-12-6-1-2-11-7(3-10)8(5)6/h1-2,4,12H. The third kappa shape index (κ3) is 0.768. The number of nitrogens with zero attached hydrogens (tertiary/aromatic N) is 2. The topological polar surface area (TPSA) is 52.5 Å². The maximum atomic E-state index is 13.0. The first kappa shape index (κ1) is 6.80. The van der Waals surface area contributed by atoms with Crippen LogP contribution in [0.5, 0.6) is 0 Å². The van der Waals surface area contributed by atoms with E-state index < -0.39 is 5.82 Å². The summed E-state index contributed by atoms with van der Waals surface area (Å²) < 4.78 is 13.0. The Labute approximate surface area is 67.5 Å². The molecule has 12 heavy (non-hydrogen) atoms. The lowest BCUT2D eigenvalue weighted by Gasteiger charge is -1.90. The summed E-state index contributed by atoms with van der Waals surface area (Å²) in [5, 5.41) is 8.85. The van der Waals surface area contributed by atoms with Crippen molar-refractivity contribution in [3.8, 4) is 6.07 Å². The highest BCUT2D eigenvalue weighted by Gasteiger charge is 2.07. The Hall–Kier alpha value is -1.89. The molecule has 2 aromatic rings. The summed E-state index contributed by atoms with van der Waals surface area (Å²) >= 11 is 0. The molecule has 0 atom stereocenters. The van der Waals surface area contributed by atoms with E-state index in [4.69, 9.17) is 5.26 Å². The average molecular weight is 161 g/mol. The number of aromatic amines is 1. The molecule has 0 aromatic carbocycles. The summed E-state index contributed by atoms with van der Waals surface area (Å²) in [5.41, 5.74) is 0.713. The number of nitrogens with one attached hydrogen (secondary N) is 1. The molecule has 2 heterocycles. The van der Waals surface area contributed by atoms with E-state index in [-0.39, 0.29) is 11.1 Å². The molecule has 0 radical (unpaired) electrons. The largest absolute Gasteiger partial charge is 0.358 e. The van der Waals surface area contributed by atoms with Crippen LogP contribution in [-0.2, 0) is 0 Å². The van der Waals surface area contributed by atoms with Crippen molar-refractivity contribution in [2.45, 2.75) is 0 Å². The smallest absolute Gasteiger partial charge is 0.152 e. The van der Waals surface area contributed by atoms with Gasteiger partial charge in [0.1, 0.15) is 6.07 Å². The van der Waals surface area contributed by atoms with E-state index in [0.717, 1.165) is 0 Å². The number of halogens is 1. The van der Waals surface area contributed by atoms with Crippen molar-refractivity contribution < 1.29 is 4.39 Å². The lowest BCUT2D eigenvalue weighted by Crippen LogP contribution is -1.83. The predicted octanol–water partition coefficient (Wildman–Crippen LogP) is 1.57. The molecule has 2 rings (SSSR count). The summed E-state index contributed by atoms with van der Waals surface area (Å²) in [6.07, 6.45) is 2.68. The first-order valence-electron chi connectivity index (χ1n) is 3.34. The van der Waals surface area contributed by atoms with Gasteiger partial charge in [0.25, 0.3) is 0 Å². The monoisotopic (exact) mass is 161 g/mol. The molecule has 4 heteroatoms. The predicted molar refractivity (Wildman–Crippen MR) is 40.8 cm³/mol. The highest BCUT2D eigenvalue weighted by Crippen LogP contribution is 2.18. The second-order valence-corrected chi connectivity index (χ2v) is 2.33. The first-order chi connectivity index (χ1) is 5.83. The van der Waals surface area contributed by atoms with Crippen LogP contribution in [0, 0.1) is 17.1 Å². The molecule has 0 aliphatic carbocycles. The Morgan fingerprint density at radius 3 is 3.17 bits per heavy atom. The van der Waals surface area contributed by atoms with Crippen molar-refractivity contribution in [3.05, 3.63) is 30.0 Å². The van der Waals surface area contributed by atoms with Gasteiger partial charge in [-0.3, -0.25) is 0 Å². The molecule has 3 nitrogen and oxygen atoms in total. The molecule has 0 aliphatic heterocycles. The normalized spacial score (nSPS) is 10.0. The van der Waals surface area contributed by atoms with E-state index in [9.17, 15) is 4.39 Å². The molecule has 0 spiro atoms. The Balaban J connectivity index is 2.96. The van der Waals surface area contributed by atoms with Crippen molar-refractivity contribution in [3.63, 3.8) is 0 Å². The Morgan fingerprint density at radius 1 is 1.58 bits per heavy atom. The van der Waals surface area contributed by atoms with Crippen LogP contribution in [0.1, 0.15) is 5.69 Å². The fourth-order valence-corrected chi connectivity index (χ4v) is 1.12. The van der Waals surface area contributed by atoms with Gasteiger partial charge in [-0.05, 0) is 6.07 Å². The number of hydrogen-bond acceptors (Lipinski definition) is 2. The van der Waals surface area contributed by atoms with Crippen molar-refractivity contribution in [1.82, 2.24) is 9.97 Å². The average Bonchev–Trinajstić information content (AvgIpc) is 2.48. The van der Waals surface area contributed by atoms with Gasteiger partial charge in [0.05, 0.1) is 10.9 Å². The van der Waals surface area contributed by atoms with Gasteiger partial charge in [0, 0.05) is 12.4 Å². The molecule has 0 bridgehead atoms. The summed E-state index contributed by atoms with van der Waals surface area (Å²) in [6, 6.07) is 3.45. The molecular weight excluding hydrogens is 157 g/mol. The maximum Gasteiger partial charge on any atom is 0.152 e. The fraction of sp³-hybridized carbons (Fsp3) is 0. The van der Waals surface area contributed by atoms with Gasteiger partial charge < -0.3 is 4.98 Å². The van der Waals surface area contributed by atoms with Gasteiger partial charge in [-0.1, -0.05) is 0 Å². The van der Waals surface area contributed by atoms with Crippen LogP contribution < -0.4 is 0 Å². The highest BCUT2D eigenvalue weighted by molar-refractivity contribution is 5.84. The van der Waals surface area contributed by atoms with Gasteiger partial charge in [-0.25, -0.2) is 9.37 Å². The summed E-state index contributed by atoms with van der Waals surface area (Å²) in [5.74, 6) is -0.436. The molecule has 0 saturated carbocycles. The molecule has 0 aliphatic rings. The number of fused-ring (bicyclic) bond motifs is 1. The van der Waals surface area contributed by atoms with Crippen LogP contribution in [0.2, 0.25) is 0 Å². The van der Waals surface area contributed by atoms with E-state index in [0.29, 0.717) is 5.52 Å². The molecule has 0 fully saturated rings. The molecule has 0 saturated heterocycles. The zero-order valence-corrected chi connectivity index (χ0v) is 6.00. The first-order valence-corrected chi connectivity index (χ1v) is 3.34. The molecule has 0 amide bonds. The van der Waals surface area contributed by atoms with E-state index in [2.05, 4.69) is 9.97 Å². The van der Waals surface area contributed by atoms with Crippen molar-refractivity contribution in [2.75, 3.05) is 0 Å². The van der Waals surface area contributed by atoms with Crippen LogP contribution in [0.15, 0.2) is 18.5 Å². The minimum Gasteiger partial charge on any atom is -0.358 e. The summed E-state index contributed by atoms with van der Waals surface area (Å²) in [7, 11) is 0. The zero-order chi connectivity index (χ0) is 8.55. The lowest BCUT2D eigenvalue weighted by molar-refractivity contribution is 0.639. The lowest BCUT2D eigenvalue weighted by atomic mass is 10.2. The van der Waals surface area contributed by atoms with E-state index >= 15 is 0 Å². The van der Waals surface area contributed by atoms with Crippen molar-refractivity contribution in [2.24, 2.45) is 0 Å². The van der Waals surface area contributed by atoms with E-state index in [1.165, 1.54) is 12.4 Å². The van der Waals surface area contributed by atoms with Gasteiger partial charge in [0.2, 0.25) is 0 Å². The van der Waals surface area contributed by atoms with Gasteiger partial charge >= 0.3 is 0 Å². The molecule has 58 valence electrons. The number of rotatable bonds is 0. The third-order valence-corrected chi connectivity index (χ3v) is 1.65. The minimum atomic E-state index is -0.436. The Morgan fingerprint density at radius 2 is 2.42 bits per heavy atom. The fourth-order valence-electron chi connectivity index (χ4n) is 1.12. The molecule has 0 unspecified atom stereocenters. The SMILES string of the molecule is N#Cc1nccc2[nH]cc(F)c12. The number of hydrogen-bond donors (Lipinski definition) is 1. The van der Waals surface area contributed by atoms with Gasteiger partial charge in [-0.15, -0.1) is 0 Å². The van der Waals surface area contributed by atoms with Crippen molar-refractivity contribution >= 4 is 10.9 Å². The second kappa shape index (κ2) is 2.31. The second-order valence-electron chi connectivity index (χ2n) is 2.33. The van der Waals surface area contributed by atoms with E-state index in [1.807, 2.05) is 6.07 Å². The van der Waals surface area contributed by atoms with Crippen LogP contribution >= 0.6 is 0 Å². The van der Waals surface area contributed by atoms with E-state index in [1.54, 1.807) is 6.07 Å². The molecular formula is C8H4FN3.